The van der Waals surface area contributed by atoms with E-state index in [0.29, 0.717) is 0 Å². The first-order chi connectivity index (χ1) is 9.01. The highest BCUT2D eigenvalue weighted by Crippen LogP contribution is 2.38. The van der Waals surface area contributed by atoms with E-state index in [2.05, 4.69) is 48.5 Å². The van der Waals surface area contributed by atoms with Crippen molar-refractivity contribution in [3.8, 4) is 0 Å². The summed E-state index contributed by atoms with van der Waals surface area (Å²) in [5.41, 5.74) is 5.74. The van der Waals surface area contributed by atoms with Crippen LogP contribution in [0.25, 0.3) is 0 Å². The van der Waals surface area contributed by atoms with E-state index in [1.165, 1.54) is 0 Å². The molecule has 0 spiro atoms. The number of ether oxygens (including phenoxy) is 2. The van der Waals surface area contributed by atoms with Crippen molar-refractivity contribution in [3.05, 3.63) is 0 Å². The molecule has 0 amide bonds. The van der Waals surface area contributed by atoms with Gasteiger partial charge in [-0.05, 0) is 59.3 Å². The summed E-state index contributed by atoms with van der Waals surface area (Å²) in [7, 11) is 0. The van der Waals surface area contributed by atoms with E-state index in [1.54, 1.807) is 0 Å². The van der Waals surface area contributed by atoms with E-state index in [4.69, 9.17) is 15.2 Å². The lowest BCUT2D eigenvalue weighted by molar-refractivity contribution is -0.121. The SMILES string of the molecule is CCCOC(C)(C)C(C)(C)CC(C)OC(C)CC(C)N. The highest BCUT2D eigenvalue weighted by atomic mass is 16.5. The standard InChI is InChI=1S/C17H37NO2/c1-9-10-19-17(7,8)16(5,6)12-15(4)20-14(3)11-13(2)18/h13-15H,9-12,18H2,1-8H3. The summed E-state index contributed by atoms with van der Waals surface area (Å²) < 4.78 is 12.1. The van der Waals surface area contributed by atoms with Gasteiger partial charge in [0.05, 0.1) is 17.8 Å². The fourth-order valence-electron chi connectivity index (χ4n) is 2.54. The molecule has 0 saturated carbocycles. The van der Waals surface area contributed by atoms with E-state index in [-0.39, 0.29) is 29.3 Å². The second-order valence-corrected chi connectivity index (χ2v) is 7.42. The van der Waals surface area contributed by atoms with Crippen LogP contribution in [0.1, 0.15) is 74.7 Å². The van der Waals surface area contributed by atoms with Gasteiger partial charge in [0.2, 0.25) is 0 Å². The molecule has 122 valence electrons. The summed E-state index contributed by atoms with van der Waals surface area (Å²) in [6.45, 7) is 18.1. The van der Waals surface area contributed by atoms with E-state index in [1.807, 2.05) is 6.92 Å². The molecule has 0 radical (unpaired) electrons. The molecule has 0 bridgehead atoms. The normalized spacial score (nSPS) is 17.9. The lowest BCUT2D eigenvalue weighted by Crippen LogP contribution is -2.44. The van der Waals surface area contributed by atoms with Crippen LogP contribution in [0.5, 0.6) is 0 Å². The molecule has 20 heavy (non-hydrogen) atoms. The van der Waals surface area contributed by atoms with Crippen molar-refractivity contribution >= 4 is 0 Å². The number of hydrogen-bond donors (Lipinski definition) is 1. The average Bonchev–Trinajstić information content (AvgIpc) is 2.23. The Morgan fingerprint density at radius 1 is 1.00 bits per heavy atom. The first-order valence-electron chi connectivity index (χ1n) is 8.06. The maximum Gasteiger partial charge on any atom is 0.0678 e. The average molecular weight is 287 g/mol. The Labute approximate surface area is 126 Å². The van der Waals surface area contributed by atoms with E-state index < -0.39 is 0 Å². The molecule has 0 aromatic carbocycles. The molecule has 0 rings (SSSR count). The molecule has 0 aromatic heterocycles. The van der Waals surface area contributed by atoms with Crippen molar-refractivity contribution < 1.29 is 9.47 Å². The van der Waals surface area contributed by atoms with Crippen molar-refractivity contribution in [2.45, 2.75) is 98.5 Å². The first kappa shape index (κ1) is 19.9. The Kier molecular flexibility index (Phi) is 8.30. The zero-order valence-corrected chi connectivity index (χ0v) is 15.0. The lowest BCUT2D eigenvalue weighted by atomic mass is 9.73. The van der Waals surface area contributed by atoms with Gasteiger partial charge in [-0.2, -0.15) is 0 Å². The summed E-state index contributed by atoms with van der Waals surface area (Å²) >= 11 is 0. The van der Waals surface area contributed by atoms with Crippen LogP contribution in [0.2, 0.25) is 0 Å². The third-order valence-corrected chi connectivity index (χ3v) is 4.26. The smallest absolute Gasteiger partial charge is 0.0678 e. The topological polar surface area (TPSA) is 44.5 Å². The molecular weight excluding hydrogens is 250 g/mol. The molecule has 3 nitrogen and oxygen atoms in total. The van der Waals surface area contributed by atoms with Crippen LogP contribution in [0.4, 0.5) is 0 Å². The Balaban J connectivity index is 4.43. The summed E-state index contributed by atoms with van der Waals surface area (Å²) in [5, 5.41) is 0. The van der Waals surface area contributed by atoms with Crippen LogP contribution in [-0.2, 0) is 9.47 Å². The van der Waals surface area contributed by atoms with Gasteiger partial charge in [0.25, 0.3) is 0 Å². The maximum atomic E-state index is 6.06. The summed E-state index contributed by atoms with van der Waals surface area (Å²) in [6, 6.07) is 0.189. The van der Waals surface area contributed by atoms with Crippen LogP contribution in [0.3, 0.4) is 0 Å². The third kappa shape index (κ3) is 7.05. The zero-order chi connectivity index (χ0) is 16.0. The Morgan fingerprint density at radius 3 is 2.00 bits per heavy atom. The second kappa shape index (κ2) is 8.35. The van der Waals surface area contributed by atoms with Crippen LogP contribution in [0.15, 0.2) is 0 Å². The predicted octanol–water partition coefficient (Wildman–Crippen LogP) is 4.14. The highest BCUT2D eigenvalue weighted by molar-refractivity contribution is 4.89. The van der Waals surface area contributed by atoms with E-state index in [0.717, 1.165) is 25.9 Å². The fraction of sp³-hybridized carbons (Fsp3) is 1.00. The minimum atomic E-state index is -0.148. The van der Waals surface area contributed by atoms with Gasteiger partial charge in [0, 0.05) is 12.6 Å². The minimum absolute atomic E-state index is 0.0651. The summed E-state index contributed by atoms with van der Waals surface area (Å²) in [6.07, 6.45) is 3.36. The van der Waals surface area contributed by atoms with Crippen molar-refractivity contribution in [1.82, 2.24) is 0 Å². The van der Waals surface area contributed by atoms with Gasteiger partial charge in [-0.15, -0.1) is 0 Å². The van der Waals surface area contributed by atoms with Crippen molar-refractivity contribution in [2.75, 3.05) is 6.61 Å². The van der Waals surface area contributed by atoms with E-state index in [9.17, 15) is 0 Å². The van der Waals surface area contributed by atoms with Gasteiger partial charge < -0.3 is 15.2 Å². The van der Waals surface area contributed by atoms with Crippen LogP contribution in [0, 0.1) is 5.41 Å². The molecule has 0 aliphatic heterocycles. The van der Waals surface area contributed by atoms with Gasteiger partial charge in [0.15, 0.2) is 0 Å². The van der Waals surface area contributed by atoms with E-state index >= 15 is 0 Å². The van der Waals surface area contributed by atoms with Crippen molar-refractivity contribution in [1.29, 1.82) is 0 Å². The summed E-state index contributed by atoms with van der Waals surface area (Å²) in [4.78, 5) is 0. The Hall–Kier alpha value is -0.120. The third-order valence-electron chi connectivity index (χ3n) is 4.26. The monoisotopic (exact) mass is 287 g/mol. The molecule has 0 aromatic rings. The van der Waals surface area contributed by atoms with Gasteiger partial charge in [-0.1, -0.05) is 20.8 Å². The molecular formula is C17H37NO2. The molecule has 0 saturated heterocycles. The largest absolute Gasteiger partial charge is 0.375 e. The van der Waals surface area contributed by atoms with Crippen LogP contribution in [-0.4, -0.2) is 30.5 Å². The van der Waals surface area contributed by atoms with Gasteiger partial charge in [0.1, 0.15) is 0 Å². The number of hydrogen-bond acceptors (Lipinski definition) is 3. The molecule has 3 unspecified atom stereocenters. The second-order valence-electron chi connectivity index (χ2n) is 7.42. The van der Waals surface area contributed by atoms with Crippen molar-refractivity contribution in [3.63, 3.8) is 0 Å². The van der Waals surface area contributed by atoms with Gasteiger partial charge in [-0.25, -0.2) is 0 Å². The molecule has 2 N–H and O–H groups in total. The summed E-state index contributed by atoms with van der Waals surface area (Å²) in [5.74, 6) is 0. The minimum Gasteiger partial charge on any atom is -0.375 e. The highest BCUT2D eigenvalue weighted by Gasteiger charge is 2.39. The quantitative estimate of drug-likeness (QED) is 0.657. The number of rotatable bonds is 10. The molecule has 3 atom stereocenters. The Morgan fingerprint density at radius 2 is 1.55 bits per heavy atom. The Bertz CT molecular complexity index is 262. The lowest BCUT2D eigenvalue weighted by Gasteiger charge is -2.43. The van der Waals surface area contributed by atoms with Gasteiger partial charge in [-0.3, -0.25) is 0 Å². The molecule has 3 heteroatoms. The first-order valence-corrected chi connectivity index (χ1v) is 8.06. The zero-order valence-electron chi connectivity index (χ0n) is 15.0. The van der Waals surface area contributed by atoms with Crippen molar-refractivity contribution in [2.24, 2.45) is 11.1 Å². The van der Waals surface area contributed by atoms with Gasteiger partial charge >= 0.3 is 0 Å². The molecule has 0 aliphatic carbocycles. The fourth-order valence-corrected chi connectivity index (χ4v) is 2.54. The maximum absolute atomic E-state index is 6.06. The molecule has 0 heterocycles. The molecule has 0 aliphatic rings. The predicted molar refractivity (Wildman–Crippen MR) is 87.0 cm³/mol. The van der Waals surface area contributed by atoms with Crippen LogP contribution >= 0.6 is 0 Å². The van der Waals surface area contributed by atoms with Crippen LogP contribution < -0.4 is 5.73 Å². The number of nitrogens with two attached hydrogens (primary N) is 1. The molecule has 0 fully saturated rings.